The third kappa shape index (κ3) is 3.02. The Kier molecular flexibility index (Phi) is 4.35. The van der Waals surface area contributed by atoms with E-state index in [1.54, 1.807) is 25.1 Å². The highest BCUT2D eigenvalue weighted by molar-refractivity contribution is 6.03. The van der Waals surface area contributed by atoms with Crippen LogP contribution in [0.2, 0.25) is 0 Å². The smallest absolute Gasteiger partial charge is 0.336 e. The first-order chi connectivity index (χ1) is 11.9. The lowest BCUT2D eigenvalue weighted by Gasteiger charge is -2.19. The van der Waals surface area contributed by atoms with Crippen LogP contribution < -0.4 is 9.47 Å². The van der Waals surface area contributed by atoms with Gasteiger partial charge in [0.1, 0.15) is 0 Å². The Morgan fingerprint density at radius 1 is 1.32 bits per heavy atom. The average molecular weight is 347 g/mol. The molecule has 1 amide bonds. The summed E-state index contributed by atoms with van der Waals surface area (Å²) in [4.78, 5) is 37.2. The van der Waals surface area contributed by atoms with Crippen molar-refractivity contribution in [3.63, 3.8) is 0 Å². The molecule has 0 saturated carbocycles. The number of fused-ring (bicyclic) bond motifs is 1. The maximum atomic E-state index is 12.7. The second-order valence-corrected chi connectivity index (χ2v) is 5.75. The number of hydrogen-bond acceptors (Lipinski definition) is 6. The van der Waals surface area contributed by atoms with Gasteiger partial charge in [-0.2, -0.15) is 0 Å². The van der Waals surface area contributed by atoms with Crippen molar-refractivity contribution in [2.24, 2.45) is 5.92 Å². The number of esters is 1. The standard InChI is InChI=1S/C17H17NO7/c1-9-15(17(22)23-2)11(6-14(19)20)16(21)18(9)7-10-3-4-12-13(5-10)25-8-24-12/h3-5,11H,6-8H2,1-2H3,(H,19,20). The van der Waals surface area contributed by atoms with Crippen molar-refractivity contribution in [1.82, 2.24) is 4.90 Å². The summed E-state index contributed by atoms with van der Waals surface area (Å²) >= 11 is 0. The number of carbonyl (C=O) groups excluding carboxylic acids is 2. The average Bonchev–Trinajstić information content (AvgIpc) is 3.12. The topological polar surface area (TPSA) is 102 Å². The fraction of sp³-hybridized carbons (Fsp3) is 0.353. The number of ether oxygens (including phenoxy) is 3. The van der Waals surface area contributed by atoms with E-state index in [1.165, 1.54) is 12.0 Å². The van der Waals surface area contributed by atoms with Gasteiger partial charge in [-0.25, -0.2) is 4.79 Å². The number of benzene rings is 1. The van der Waals surface area contributed by atoms with Crippen LogP contribution in [-0.4, -0.2) is 41.8 Å². The quantitative estimate of drug-likeness (QED) is 0.801. The predicted molar refractivity (Wildman–Crippen MR) is 83.6 cm³/mol. The second-order valence-electron chi connectivity index (χ2n) is 5.75. The van der Waals surface area contributed by atoms with E-state index in [0.29, 0.717) is 17.2 Å². The maximum Gasteiger partial charge on any atom is 0.336 e. The highest BCUT2D eigenvalue weighted by Crippen LogP contribution is 2.36. The van der Waals surface area contributed by atoms with Crippen LogP contribution in [0.15, 0.2) is 29.5 Å². The van der Waals surface area contributed by atoms with Crippen molar-refractivity contribution in [3.05, 3.63) is 35.0 Å². The van der Waals surface area contributed by atoms with Crippen LogP contribution in [0.1, 0.15) is 18.9 Å². The summed E-state index contributed by atoms with van der Waals surface area (Å²) in [6.07, 6.45) is -0.460. The lowest BCUT2D eigenvalue weighted by molar-refractivity contribution is -0.143. The number of nitrogens with zero attached hydrogens (tertiary/aromatic N) is 1. The highest BCUT2D eigenvalue weighted by atomic mass is 16.7. The van der Waals surface area contributed by atoms with Crippen LogP contribution >= 0.6 is 0 Å². The molecule has 1 aromatic rings. The number of aliphatic carboxylic acids is 1. The van der Waals surface area contributed by atoms with E-state index in [9.17, 15) is 14.4 Å². The van der Waals surface area contributed by atoms with Crippen molar-refractivity contribution in [2.45, 2.75) is 19.9 Å². The molecule has 25 heavy (non-hydrogen) atoms. The third-order valence-corrected chi connectivity index (χ3v) is 4.27. The van der Waals surface area contributed by atoms with Crippen molar-refractivity contribution >= 4 is 17.8 Å². The van der Waals surface area contributed by atoms with Crippen LogP contribution in [0.25, 0.3) is 0 Å². The van der Waals surface area contributed by atoms with E-state index in [1.807, 2.05) is 0 Å². The van der Waals surface area contributed by atoms with Crippen molar-refractivity contribution in [3.8, 4) is 11.5 Å². The highest BCUT2D eigenvalue weighted by Gasteiger charge is 2.42. The fourth-order valence-corrected chi connectivity index (χ4v) is 3.06. The van der Waals surface area contributed by atoms with Crippen LogP contribution in [0, 0.1) is 5.92 Å². The first-order valence-electron chi connectivity index (χ1n) is 7.63. The van der Waals surface area contributed by atoms with Gasteiger partial charge in [-0.05, 0) is 24.6 Å². The zero-order valence-electron chi connectivity index (χ0n) is 13.8. The molecule has 0 radical (unpaired) electrons. The molecule has 132 valence electrons. The fourth-order valence-electron chi connectivity index (χ4n) is 3.06. The normalized spacial score (nSPS) is 18.7. The monoisotopic (exact) mass is 347 g/mol. The summed E-state index contributed by atoms with van der Waals surface area (Å²) in [6, 6.07) is 5.29. The minimum atomic E-state index is -1.16. The minimum absolute atomic E-state index is 0.0932. The molecule has 1 aromatic carbocycles. The van der Waals surface area contributed by atoms with Crippen LogP contribution in [0.5, 0.6) is 11.5 Å². The molecule has 1 atom stereocenters. The molecule has 3 rings (SSSR count). The molecule has 0 bridgehead atoms. The molecule has 1 unspecified atom stereocenters. The van der Waals surface area contributed by atoms with Gasteiger partial charge in [-0.15, -0.1) is 0 Å². The molecule has 0 fully saturated rings. The van der Waals surface area contributed by atoms with E-state index in [2.05, 4.69) is 0 Å². The number of carbonyl (C=O) groups is 3. The Labute approximate surface area is 143 Å². The van der Waals surface area contributed by atoms with Gasteiger partial charge in [0.2, 0.25) is 12.7 Å². The summed E-state index contributed by atoms with van der Waals surface area (Å²) in [6.45, 7) is 1.95. The maximum absolute atomic E-state index is 12.7. The lowest BCUT2D eigenvalue weighted by Crippen LogP contribution is -2.29. The minimum Gasteiger partial charge on any atom is -0.481 e. The molecule has 0 saturated heterocycles. The van der Waals surface area contributed by atoms with Gasteiger partial charge in [-0.1, -0.05) is 6.07 Å². The van der Waals surface area contributed by atoms with E-state index < -0.39 is 30.2 Å². The number of carboxylic acids is 1. The molecule has 0 aromatic heterocycles. The Bertz CT molecular complexity index is 783. The van der Waals surface area contributed by atoms with Gasteiger partial charge in [0.05, 0.1) is 31.6 Å². The molecule has 8 heteroatoms. The van der Waals surface area contributed by atoms with Gasteiger partial charge < -0.3 is 24.2 Å². The molecule has 0 spiro atoms. The molecule has 2 aliphatic rings. The van der Waals surface area contributed by atoms with Crippen molar-refractivity contribution in [2.75, 3.05) is 13.9 Å². The van der Waals surface area contributed by atoms with Gasteiger partial charge >= 0.3 is 11.9 Å². The zero-order valence-corrected chi connectivity index (χ0v) is 13.8. The molecular weight excluding hydrogens is 330 g/mol. The first-order valence-corrected chi connectivity index (χ1v) is 7.63. The Morgan fingerprint density at radius 2 is 2.04 bits per heavy atom. The van der Waals surface area contributed by atoms with E-state index in [-0.39, 0.29) is 18.9 Å². The van der Waals surface area contributed by atoms with Gasteiger partial charge in [0, 0.05) is 5.70 Å². The first kappa shape index (κ1) is 16.8. The molecule has 2 heterocycles. The Balaban J connectivity index is 1.90. The number of carboxylic acid groups (broad SMARTS) is 1. The van der Waals surface area contributed by atoms with Crippen LogP contribution in [0.3, 0.4) is 0 Å². The van der Waals surface area contributed by atoms with Gasteiger partial charge in [0.25, 0.3) is 0 Å². The van der Waals surface area contributed by atoms with E-state index >= 15 is 0 Å². The summed E-state index contributed by atoms with van der Waals surface area (Å²) in [5, 5.41) is 9.06. The van der Waals surface area contributed by atoms with Crippen LogP contribution in [-0.2, 0) is 25.7 Å². The third-order valence-electron chi connectivity index (χ3n) is 4.27. The SMILES string of the molecule is COC(=O)C1=C(C)N(Cc2ccc3c(c2)OCO3)C(=O)C1CC(=O)O. The largest absolute Gasteiger partial charge is 0.481 e. The zero-order chi connectivity index (χ0) is 18.1. The van der Waals surface area contributed by atoms with E-state index in [4.69, 9.17) is 19.3 Å². The number of hydrogen-bond donors (Lipinski definition) is 1. The van der Waals surface area contributed by atoms with Gasteiger partial charge in [0.15, 0.2) is 11.5 Å². The van der Waals surface area contributed by atoms with E-state index in [0.717, 1.165) is 5.56 Å². The second kappa shape index (κ2) is 6.46. The molecule has 1 N–H and O–H groups in total. The molecule has 2 aliphatic heterocycles. The number of methoxy groups -OCH3 is 1. The lowest BCUT2D eigenvalue weighted by atomic mass is 9.97. The van der Waals surface area contributed by atoms with Gasteiger partial charge in [-0.3, -0.25) is 9.59 Å². The molecular formula is C17H17NO7. The Hall–Kier alpha value is -3.03. The Morgan fingerprint density at radius 3 is 2.72 bits per heavy atom. The summed E-state index contributed by atoms with van der Waals surface area (Å²) < 4.78 is 15.3. The van der Waals surface area contributed by atoms with Crippen LogP contribution in [0.4, 0.5) is 0 Å². The van der Waals surface area contributed by atoms with Crippen molar-refractivity contribution in [1.29, 1.82) is 0 Å². The molecule has 8 nitrogen and oxygen atoms in total. The summed E-state index contributed by atoms with van der Waals surface area (Å²) in [5.41, 5.74) is 1.27. The number of amides is 1. The number of allylic oxidation sites excluding steroid dienone is 1. The predicted octanol–water partition coefficient (Wildman–Crippen LogP) is 1.30. The summed E-state index contributed by atoms with van der Waals surface area (Å²) in [5.74, 6) is -2.11. The summed E-state index contributed by atoms with van der Waals surface area (Å²) in [7, 11) is 1.20. The number of rotatable bonds is 5. The van der Waals surface area contributed by atoms with Crippen molar-refractivity contribution < 1.29 is 33.7 Å². The molecule has 0 aliphatic carbocycles.